The molecular weight excluding hydrogens is 242 g/mol. The summed E-state index contributed by atoms with van der Waals surface area (Å²) in [6, 6.07) is 7.46. The molecule has 0 amide bonds. The molecule has 1 heteroatoms. The van der Waals surface area contributed by atoms with Crippen molar-refractivity contribution in [1.82, 2.24) is 5.32 Å². The predicted octanol–water partition coefficient (Wildman–Crippen LogP) is 4.71. The SMILES string of the molecule is CCCNC(Cc1ccc(C)c(C)c1)C1=CCCCC1. The van der Waals surface area contributed by atoms with E-state index in [0.717, 1.165) is 13.0 Å². The Morgan fingerprint density at radius 3 is 2.65 bits per heavy atom. The molecule has 1 unspecified atom stereocenters. The van der Waals surface area contributed by atoms with E-state index in [1.165, 1.54) is 48.8 Å². The Labute approximate surface area is 124 Å². The van der Waals surface area contributed by atoms with Gasteiger partial charge in [0.2, 0.25) is 0 Å². The lowest BCUT2D eigenvalue weighted by Gasteiger charge is -2.25. The summed E-state index contributed by atoms with van der Waals surface area (Å²) in [4.78, 5) is 0. The largest absolute Gasteiger partial charge is 0.310 e. The van der Waals surface area contributed by atoms with Gasteiger partial charge in [0.1, 0.15) is 0 Å². The van der Waals surface area contributed by atoms with E-state index in [4.69, 9.17) is 0 Å². The van der Waals surface area contributed by atoms with Crippen LogP contribution in [0.15, 0.2) is 29.8 Å². The van der Waals surface area contributed by atoms with Crippen LogP contribution in [-0.2, 0) is 6.42 Å². The molecular formula is C19H29N. The first-order valence-corrected chi connectivity index (χ1v) is 8.19. The van der Waals surface area contributed by atoms with Crippen LogP contribution in [0.2, 0.25) is 0 Å². The Balaban J connectivity index is 2.09. The third-order valence-electron chi connectivity index (χ3n) is 4.43. The molecule has 0 aliphatic heterocycles. The maximum Gasteiger partial charge on any atom is 0.0320 e. The van der Waals surface area contributed by atoms with Crippen LogP contribution < -0.4 is 5.32 Å². The van der Waals surface area contributed by atoms with Crippen molar-refractivity contribution in [1.29, 1.82) is 0 Å². The van der Waals surface area contributed by atoms with E-state index in [1.54, 1.807) is 5.57 Å². The number of allylic oxidation sites excluding steroid dienone is 1. The fraction of sp³-hybridized carbons (Fsp3) is 0.579. The Kier molecular flexibility index (Phi) is 5.85. The monoisotopic (exact) mass is 271 g/mol. The van der Waals surface area contributed by atoms with Crippen molar-refractivity contribution in [3.05, 3.63) is 46.5 Å². The Hall–Kier alpha value is -1.08. The molecule has 20 heavy (non-hydrogen) atoms. The summed E-state index contributed by atoms with van der Waals surface area (Å²) in [5, 5.41) is 3.75. The third kappa shape index (κ3) is 4.21. The summed E-state index contributed by atoms with van der Waals surface area (Å²) in [5.74, 6) is 0. The van der Waals surface area contributed by atoms with Crippen LogP contribution in [0.1, 0.15) is 55.7 Å². The molecule has 1 aliphatic carbocycles. The maximum atomic E-state index is 3.75. The number of rotatable bonds is 6. The van der Waals surface area contributed by atoms with Crippen molar-refractivity contribution >= 4 is 0 Å². The normalized spacial score (nSPS) is 16.9. The molecule has 1 N–H and O–H groups in total. The van der Waals surface area contributed by atoms with Gasteiger partial charge < -0.3 is 5.32 Å². The molecule has 0 fully saturated rings. The lowest BCUT2D eigenvalue weighted by Crippen LogP contribution is -2.34. The zero-order chi connectivity index (χ0) is 14.4. The van der Waals surface area contributed by atoms with Crippen molar-refractivity contribution < 1.29 is 0 Å². The number of nitrogens with one attached hydrogen (secondary N) is 1. The molecule has 0 bridgehead atoms. The third-order valence-corrected chi connectivity index (χ3v) is 4.43. The van der Waals surface area contributed by atoms with Crippen molar-refractivity contribution in [2.45, 2.75) is 65.3 Å². The van der Waals surface area contributed by atoms with Gasteiger partial charge in [-0.3, -0.25) is 0 Å². The van der Waals surface area contributed by atoms with Gasteiger partial charge >= 0.3 is 0 Å². The van der Waals surface area contributed by atoms with Gasteiger partial charge in [0.25, 0.3) is 0 Å². The molecule has 1 nitrogen and oxygen atoms in total. The van der Waals surface area contributed by atoms with Crippen LogP contribution in [0.4, 0.5) is 0 Å². The highest BCUT2D eigenvalue weighted by molar-refractivity contribution is 5.31. The fourth-order valence-electron chi connectivity index (χ4n) is 3.00. The van der Waals surface area contributed by atoms with Crippen molar-refractivity contribution in [3.8, 4) is 0 Å². The van der Waals surface area contributed by atoms with Gasteiger partial charge in [-0.1, -0.05) is 36.8 Å². The number of aryl methyl sites for hydroxylation is 2. The van der Waals surface area contributed by atoms with Crippen LogP contribution in [0.5, 0.6) is 0 Å². The van der Waals surface area contributed by atoms with Gasteiger partial charge in [0, 0.05) is 6.04 Å². The van der Waals surface area contributed by atoms with Crippen LogP contribution in [0.25, 0.3) is 0 Å². The fourth-order valence-corrected chi connectivity index (χ4v) is 3.00. The summed E-state index contributed by atoms with van der Waals surface area (Å²) in [7, 11) is 0. The van der Waals surface area contributed by atoms with Crippen LogP contribution in [-0.4, -0.2) is 12.6 Å². The molecule has 110 valence electrons. The van der Waals surface area contributed by atoms with E-state index in [1.807, 2.05) is 0 Å². The highest BCUT2D eigenvalue weighted by Crippen LogP contribution is 2.23. The summed E-state index contributed by atoms with van der Waals surface area (Å²) in [6.45, 7) is 7.77. The Morgan fingerprint density at radius 2 is 2.00 bits per heavy atom. The first-order chi connectivity index (χ1) is 9.70. The second-order valence-corrected chi connectivity index (χ2v) is 6.15. The first kappa shape index (κ1) is 15.3. The molecule has 0 saturated heterocycles. The molecule has 1 atom stereocenters. The average molecular weight is 271 g/mol. The Bertz CT molecular complexity index is 459. The molecule has 0 saturated carbocycles. The van der Waals surface area contributed by atoms with E-state index in [9.17, 15) is 0 Å². The molecule has 0 aromatic heterocycles. The molecule has 1 aromatic rings. The summed E-state index contributed by atoms with van der Waals surface area (Å²) in [6.07, 6.45) is 10.1. The van der Waals surface area contributed by atoms with Gasteiger partial charge in [0.05, 0.1) is 0 Å². The minimum Gasteiger partial charge on any atom is -0.310 e. The molecule has 1 aromatic carbocycles. The molecule has 0 heterocycles. The van der Waals surface area contributed by atoms with Crippen LogP contribution in [0.3, 0.4) is 0 Å². The lowest BCUT2D eigenvalue weighted by molar-refractivity contribution is 0.526. The van der Waals surface area contributed by atoms with Crippen molar-refractivity contribution in [3.63, 3.8) is 0 Å². The van der Waals surface area contributed by atoms with Crippen LogP contribution in [0, 0.1) is 13.8 Å². The maximum absolute atomic E-state index is 3.75. The molecule has 2 rings (SSSR count). The second-order valence-electron chi connectivity index (χ2n) is 6.15. The van der Waals surface area contributed by atoms with Gasteiger partial charge in [-0.05, 0) is 75.6 Å². The van der Waals surface area contributed by atoms with Gasteiger partial charge in [-0.2, -0.15) is 0 Å². The van der Waals surface area contributed by atoms with E-state index in [0.29, 0.717) is 6.04 Å². The predicted molar refractivity (Wildman–Crippen MR) is 88.3 cm³/mol. The first-order valence-electron chi connectivity index (χ1n) is 8.19. The van der Waals surface area contributed by atoms with E-state index < -0.39 is 0 Å². The average Bonchev–Trinajstić information content (AvgIpc) is 2.48. The second kappa shape index (κ2) is 7.64. The van der Waals surface area contributed by atoms with E-state index in [2.05, 4.69) is 50.4 Å². The zero-order valence-corrected chi connectivity index (χ0v) is 13.3. The van der Waals surface area contributed by atoms with Crippen LogP contribution >= 0.6 is 0 Å². The van der Waals surface area contributed by atoms with E-state index in [-0.39, 0.29) is 0 Å². The van der Waals surface area contributed by atoms with Gasteiger partial charge in [0.15, 0.2) is 0 Å². The summed E-state index contributed by atoms with van der Waals surface area (Å²) >= 11 is 0. The molecule has 1 aliphatic rings. The molecule has 0 spiro atoms. The highest BCUT2D eigenvalue weighted by Gasteiger charge is 2.16. The standard InChI is InChI=1S/C19H29N/c1-4-12-20-19(18-8-6-5-7-9-18)14-17-11-10-15(2)16(3)13-17/h8,10-11,13,19-20H,4-7,9,12,14H2,1-3H3. The minimum absolute atomic E-state index is 0.539. The quantitative estimate of drug-likeness (QED) is 0.739. The highest BCUT2D eigenvalue weighted by atomic mass is 14.9. The van der Waals surface area contributed by atoms with Crippen molar-refractivity contribution in [2.24, 2.45) is 0 Å². The van der Waals surface area contributed by atoms with Gasteiger partial charge in [-0.15, -0.1) is 0 Å². The molecule has 0 radical (unpaired) electrons. The zero-order valence-electron chi connectivity index (χ0n) is 13.3. The smallest absolute Gasteiger partial charge is 0.0320 e. The number of hydrogen-bond donors (Lipinski definition) is 1. The number of hydrogen-bond acceptors (Lipinski definition) is 1. The van der Waals surface area contributed by atoms with E-state index >= 15 is 0 Å². The number of benzene rings is 1. The Morgan fingerprint density at radius 1 is 1.15 bits per heavy atom. The van der Waals surface area contributed by atoms with Gasteiger partial charge in [-0.25, -0.2) is 0 Å². The van der Waals surface area contributed by atoms with Crippen molar-refractivity contribution in [2.75, 3.05) is 6.54 Å². The summed E-state index contributed by atoms with van der Waals surface area (Å²) < 4.78 is 0. The summed E-state index contributed by atoms with van der Waals surface area (Å²) in [5.41, 5.74) is 5.91. The topological polar surface area (TPSA) is 12.0 Å². The lowest BCUT2D eigenvalue weighted by atomic mass is 9.89. The minimum atomic E-state index is 0.539.